The van der Waals surface area contributed by atoms with Crippen LogP contribution in [0.3, 0.4) is 0 Å². The summed E-state index contributed by atoms with van der Waals surface area (Å²) in [7, 11) is 0. The average molecular weight is 266 g/mol. The summed E-state index contributed by atoms with van der Waals surface area (Å²) < 4.78 is 13.8. The highest BCUT2D eigenvalue weighted by atomic mass is 19.1. The van der Waals surface area contributed by atoms with Gasteiger partial charge in [0.25, 0.3) is 0 Å². The van der Waals surface area contributed by atoms with E-state index in [0.29, 0.717) is 5.69 Å². The molecule has 0 aliphatic carbocycles. The molecule has 3 rings (SSSR count). The van der Waals surface area contributed by atoms with Gasteiger partial charge in [-0.3, -0.25) is 4.98 Å². The summed E-state index contributed by atoms with van der Waals surface area (Å²) in [5.74, 6) is -0.262. The van der Waals surface area contributed by atoms with Crippen molar-refractivity contribution >= 4 is 22.3 Å². The van der Waals surface area contributed by atoms with E-state index in [1.54, 1.807) is 18.3 Å². The van der Waals surface area contributed by atoms with Crippen molar-refractivity contribution in [2.75, 3.05) is 5.32 Å². The number of para-hydroxylation sites is 1. The molecule has 0 atom stereocenters. The van der Waals surface area contributed by atoms with Gasteiger partial charge in [-0.05, 0) is 43.7 Å². The van der Waals surface area contributed by atoms with Crippen LogP contribution in [-0.2, 0) is 0 Å². The van der Waals surface area contributed by atoms with Gasteiger partial charge in [-0.1, -0.05) is 23.8 Å². The molecule has 0 aliphatic rings. The monoisotopic (exact) mass is 266 g/mol. The molecule has 0 saturated carbocycles. The van der Waals surface area contributed by atoms with Gasteiger partial charge in [0.15, 0.2) is 0 Å². The lowest BCUT2D eigenvalue weighted by molar-refractivity contribution is 0.632. The number of fused-ring (bicyclic) bond motifs is 1. The van der Waals surface area contributed by atoms with Gasteiger partial charge in [0.05, 0.1) is 11.2 Å². The Morgan fingerprint density at radius 3 is 2.60 bits per heavy atom. The minimum atomic E-state index is -0.262. The van der Waals surface area contributed by atoms with Crippen LogP contribution in [0, 0.1) is 19.7 Å². The molecule has 0 spiro atoms. The minimum Gasteiger partial charge on any atom is -0.353 e. The maximum atomic E-state index is 13.8. The van der Waals surface area contributed by atoms with Crippen LogP contribution in [0.5, 0.6) is 0 Å². The maximum absolute atomic E-state index is 13.8. The Morgan fingerprint density at radius 1 is 1.00 bits per heavy atom. The first-order valence-corrected chi connectivity index (χ1v) is 6.52. The van der Waals surface area contributed by atoms with Gasteiger partial charge < -0.3 is 5.32 Å². The second kappa shape index (κ2) is 4.93. The molecule has 1 aromatic heterocycles. The molecule has 100 valence electrons. The lowest BCUT2D eigenvalue weighted by atomic mass is 10.1. The Balaban J connectivity index is 2.15. The van der Waals surface area contributed by atoms with E-state index < -0.39 is 0 Å². The smallest absolute Gasteiger partial charge is 0.146 e. The third-order valence-electron chi connectivity index (χ3n) is 3.32. The Kier molecular flexibility index (Phi) is 3.11. The molecule has 20 heavy (non-hydrogen) atoms. The normalized spacial score (nSPS) is 10.8. The summed E-state index contributed by atoms with van der Waals surface area (Å²) in [6.07, 6.45) is 1.74. The summed E-state index contributed by atoms with van der Waals surface area (Å²) in [6.45, 7) is 4.08. The minimum absolute atomic E-state index is 0.262. The zero-order chi connectivity index (χ0) is 14.1. The predicted molar refractivity (Wildman–Crippen MR) is 80.9 cm³/mol. The first-order chi connectivity index (χ1) is 9.65. The number of nitrogens with one attached hydrogen (secondary N) is 1. The second-order valence-corrected chi connectivity index (χ2v) is 4.94. The van der Waals surface area contributed by atoms with E-state index in [9.17, 15) is 4.39 Å². The molecular formula is C17H15FN2. The number of halogens is 1. The Bertz CT molecular complexity index is 781. The Morgan fingerprint density at radius 2 is 1.80 bits per heavy atom. The highest BCUT2D eigenvalue weighted by Gasteiger charge is 2.07. The van der Waals surface area contributed by atoms with Crippen LogP contribution in [0.15, 0.2) is 48.7 Å². The number of hydrogen-bond donors (Lipinski definition) is 1. The van der Waals surface area contributed by atoms with Crippen LogP contribution in [-0.4, -0.2) is 4.98 Å². The van der Waals surface area contributed by atoms with E-state index in [0.717, 1.165) is 22.2 Å². The van der Waals surface area contributed by atoms with Crippen molar-refractivity contribution < 1.29 is 4.39 Å². The molecule has 0 radical (unpaired) electrons. The highest BCUT2D eigenvalue weighted by molar-refractivity contribution is 5.95. The first kappa shape index (κ1) is 12.6. The number of pyridine rings is 1. The number of nitrogens with zero attached hydrogens (tertiary/aromatic N) is 1. The van der Waals surface area contributed by atoms with Gasteiger partial charge >= 0.3 is 0 Å². The van der Waals surface area contributed by atoms with Crippen molar-refractivity contribution in [3.8, 4) is 0 Å². The van der Waals surface area contributed by atoms with Crippen LogP contribution in [0.1, 0.15) is 11.1 Å². The highest BCUT2D eigenvalue weighted by Crippen LogP contribution is 2.28. The van der Waals surface area contributed by atoms with Crippen LogP contribution >= 0.6 is 0 Å². The SMILES string of the molecule is Cc1cc(C)c2nccc(Nc3ccccc3F)c2c1. The molecule has 0 aliphatic heterocycles. The summed E-state index contributed by atoms with van der Waals surface area (Å²) in [5.41, 5.74) is 4.57. The van der Waals surface area contributed by atoms with Gasteiger partial charge in [-0.25, -0.2) is 4.39 Å². The molecule has 2 aromatic carbocycles. The third-order valence-corrected chi connectivity index (χ3v) is 3.32. The van der Waals surface area contributed by atoms with Crippen molar-refractivity contribution in [3.05, 3.63) is 65.6 Å². The fraction of sp³-hybridized carbons (Fsp3) is 0.118. The molecule has 0 amide bonds. The molecule has 3 heteroatoms. The topological polar surface area (TPSA) is 24.9 Å². The van der Waals surface area contributed by atoms with Crippen LogP contribution in [0.25, 0.3) is 10.9 Å². The zero-order valence-corrected chi connectivity index (χ0v) is 11.4. The summed E-state index contributed by atoms with van der Waals surface area (Å²) in [5, 5.41) is 4.16. The molecule has 1 N–H and O–H groups in total. The molecule has 2 nitrogen and oxygen atoms in total. The Labute approximate surface area is 117 Å². The van der Waals surface area contributed by atoms with Crippen molar-refractivity contribution in [2.24, 2.45) is 0 Å². The van der Waals surface area contributed by atoms with Crippen molar-refractivity contribution in [2.45, 2.75) is 13.8 Å². The lowest BCUT2D eigenvalue weighted by Crippen LogP contribution is -1.96. The molecule has 0 fully saturated rings. The van der Waals surface area contributed by atoms with Crippen molar-refractivity contribution in [1.82, 2.24) is 4.98 Å². The second-order valence-electron chi connectivity index (χ2n) is 4.94. The predicted octanol–water partition coefficient (Wildman–Crippen LogP) is 4.73. The van der Waals surface area contributed by atoms with E-state index in [4.69, 9.17) is 0 Å². The quantitative estimate of drug-likeness (QED) is 0.725. The Hall–Kier alpha value is -2.42. The van der Waals surface area contributed by atoms with Crippen LogP contribution in [0.2, 0.25) is 0 Å². The van der Waals surface area contributed by atoms with E-state index in [1.165, 1.54) is 11.6 Å². The first-order valence-electron chi connectivity index (χ1n) is 6.52. The molecule has 3 aromatic rings. The number of rotatable bonds is 2. The van der Waals surface area contributed by atoms with E-state index in [1.807, 2.05) is 26.0 Å². The van der Waals surface area contributed by atoms with Gasteiger partial charge in [0.2, 0.25) is 0 Å². The largest absolute Gasteiger partial charge is 0.353 e. The van der Waals surface area contributed by atoms with E-state index >= 15 is 0 Å². The fourth-order valence-corrected chi connectivity index (χ4v) is 2.43. The zero-order valence-electron chi connectivity index (χ0n) is 11.4. The van der Waals surface area contributed by atoms with Crippen molar-refractivity contribution in [1.29, 1.82) is 0 Å². The van der Waals surface area contributed by atoms with E-state index in [2.05, 4.69) is 22.4 Å². The van der Waals surface area contributed by atoms with Crippen LogP contribution < -0.4 is 5.32 Å². The van der Waals surface area contributed by atoms with Gasteiger partial charge in [0, 0.05) is 17.3 Å². The van der Waals surface area contributed by atoms with E-state index in [-0.39, 0.29) is 5.82 Å². The number of benzene rings is 2. The summed E-state index contributed by atoms with van der Waals surface area (Å²) in [4.78, 5) is 4.41. The molecular weight excluding hydrogens is 251 g/mol. The third kappa shape index (κ3) is 2.23. The summed E-state index contributed by atoms with van der Waals surface area (Å²) in [6, 6.07) is 12.7. The van der Waals surface area contributed by atoms with Gasteiger partial charge in [-0.2, -0.15) is 0 Å². The fourth-order valence-electron chi connectivity index (χ4n) is 2.43. The standard InChI is InChI=1S/C17H15FN2/c1-11-9-12(2)17-13(10-11)15(7-8-19-17)20-16-6-4-3-5-14(16)18/h3-10H,1-2H3,(H,19,20). The molecule has 0 unspecified atom stereocenters. The molecule has 0 bridgehead atoms. The van der Waals surface area contributed by atoms with Gasteiger partial charge in [0.1, 0.15) is 5.82 Å². The number of aromatic nitrogens is 1. The summed E-state index contributed by atoms with van der Waals surface area (Å²) >= 11 is 0. The molecule has 0 saturated heterocycles. The van der Waals surface area contributed by atoms with Gasteiger partial charge in [-0.15, -0.1) is 0 Å². The van der Waals surface area contributed by atoms with Crippen molar-refractivity contribution in [3.63, 3.8) is 0 Å². The maximum Gasteiger partial charge on any atom is 0.146 e. The lowest BCUT2D eigenvalue weighted by Gasteiger charge is -2.12. The number of anilines is 2. The number of aryl methyl sites for hydroxylation is 2. The molecule has 1 heterocycles. The number of hydrogen-bond acceptors (Lipinski definition) is 2. The van der Waals surface area contributed by atoms with Crippen LogP contribution in [0.4, 0.5) is 15.8 Å². The average Bonchev–Trinajstić information content (AvgIpc) is 2.42.